The maximum Gasteiger partial charge on any atom is 0.269 e. The van der Waals surface area contributed by atoms with E-state index in [1.165, 1.54) is 6.07 Å². The Balaban J connectivity index is 2.36. The minimum atomic E-state index is -0.398. The summed E-state index contributed by atoms with van der Waals surface area (Å²) in [5.41, 5.74) is 0.989. The van der Waals surface area contributed by atoms with E-state index in [9.17, 15) is 15.2 Å². The number of aliphatic hydroxyl groups is 1. The van der Waals surface area contributed by atoms with Crippen molar-refractivity contribution in [1.82, 2.24) is 5.32 Å². The monoisotopic (exact) mass is 238 g/mol. The van der Waals surface area contributed by atoms with Gasteiger partial charge >= 0.3 is 0 Å². The molecule has 17 heavy (non-hydrogen) atoms. The molecule has 1 aromatic carbocycles. The highest BCUT2D eigenvalue weighted by molar-refractivity contribution is 5.34. The van der Waals surface area contributed by atoms with Gasteiger partial charge in [0.2, 0.25) is 0 Å². The number of non-ortho nitro benzene ring substituents is 1. The Kier molecular flexibility index (Phi) is 5.59. The second-order valence-electron chi connectivity index (χ2n) is 3.95. The minimum Gasteiger partial charge on any atom is -0.393 e. The molecule has 0 aliphatic rings. The molecule has 0 saturated carbocycles. The number of nitro groups is 1. The first kappa shape index (κ1) is 13.6. The Bertz CT molecular complexity index is 369. The third-order valence-electron chi connectivity index (χ3n) is 2.58. The lowest BCUT2D eigenvalue weighted by Crippen LogP contribution is -2.19. The third-order valence-corrected chi connectivity index (χ3v) is 2.58. The topological polar surface area (TPSA) is 75.4 Å². The Hall–Kier alpha value is -1.46. The molecule has 0 saturated heterocycles. The molecule has 0 bridgehead atoms. The quantitative estimate of drug-likeness (QED) is 0.432. The molecule has 5 nitrogen and oxygen atoms in total. The highest BCUT2D eigenvalue weighted by Crippen LogP contribution is 2.12. The van der Waals surface area contributed by atoms with Crippen LogP contribution in [0.4, 0.5) is 5.69 Å². The van der Waals surface area contributed by atoms with Gasteiger partial charge in [0.1, 0.15) is 0 Å². The standard InChI is InChI=1S/C12H18N2O3/c1-2-12(15)6-7-13-9-10-4-3-5-11(8-10)14(16)17/h3-5,8,12-13,15H,2,6-7,9H2,1H3. The van der Waals surface area contributed by atoms with Gasteiger partial charge in [-0.3, -0.25) is 10.1 Å². The molecule has 0 radical (unpaired) electrons. The number of nitrogens with one attached hydrogen (secondary N) is 1. The van der Waals surface area contributed by atoms with Gasteiger partial charge < -0.3 is 10.4 Å². The van der Waals surface area contributed by atoms with Gasteiger partial charge in [-0.1, -0.05) is 19.1 Å². The molecule has 0 aliphatic heterocycles. The zero-order valence-electron chi connectivity index (χ0n) is 9.93. The normalized spacial score (nSPS) is 12.4. The summed E-state index contributed by atoms with van der Waals surface area (Å²) in [6, 6.07) is 6.56. The van der Waals surface area contributed by atoms with E-state index in [1.807, 2.05) is 13.0 Å². The lowest BCUT2D eigenvalue weighted by Gasteiger charge is -2.08. The summed E-state index contributed by atoms with van der Waals surface area (Å²) in [5, 5.41) is 23.1. The van der Waals surface area contributed by atoms with Crippen molar-refractivity contribution in [3.63, 3.8) is 0 Å². The molecule has 0 aliphatic carbocycles. The maximum atomic E-state index is 10.6. The molecule has 2 N–H and O–H groups in total. The average molecular weight is 238 g/mol. The van der Waals surface area contributed by atoms with Crippen molar-refractivity contribution < 1.29 is 10.0 Å². The largest absolute Gasteiger partial charge is 0.393 e. The molecule has 1 atom stereocenters. The van der Waals surface area contributed by atoms with Crippen LogP contribution in [-0.2, 0) is 6.54 Å². The fraction of sp³-hybridized carbons (Fsp3) is 0.500. The molecule has 0 heterocycles. The number of benzene rings is 1. The Morgan fingerprint density at radius 1 is 1.53 bits per heavy atom. The molecular weight excluding hydrogens is 220 g/mol. The van der Waals surface area contributed by atoms with E-state index in [1.54, 1.807) is 12.1 Å². The highest BCUT2D eigenvalue weighted by Gasteiger charge is 2.05. The Labute approximate surface area is 101 Å². The lowest BCUT2D eigenvalue weighted by molar-refractivity contribution is -0.384. The summed E-state index contributed by atoms with van der Waals surface area (Å²) in [4.78, 5) is 10.2. The van der Waals surface area contributed by atoms with E-state index in [0.29, 0.717) is 19.5 Å². The van der Waals surface area contributed by atoms with Crippen LogP contribution in [0.25, 0.3) is 0 Å². The Morgan fingerprint density at radius 3 is 2.94 bits per heavy atom. The summed E-state index contributed by atoms with van der Waals surface area (Å²) < 4.78 is 0. The molecule has 0 amide bonds. The van der Waals surface area contributed by atoms with E-state index in [2.05, 4.69) is 5.32 Å². The number of rotatable bonds is 7. The number of nitrogens with zero attached hydrogens (tertiary/aromatic N) is 1. The first-order valence-corrected chi connectivity index (χ1v) is 5.75. The summed E-state index contributed by atoms with van der Waals surface area (Å²) >= 11 is 0. The average Bonchev–Trinajstić information content (AvgIpc) is 2.34. The van der Waals surface area contributed by atoms with Gasteiger partial charge in [-0.2, -0.15) is 0 Å². The smallest absolute Gasteiger partial charge is 0.269 e. The van der Waals surface area contributed by atoms with E-state index in [-0.39, 0.29) is 11.8 Å². The fourth-order valence-electron chi connectivity index (χ4n) is 1.49. The number of nitro benzene ring substituents is 1. The van der Waals surface area contributed by atoms with Gasteiger partial charge in [0.15, 0.2) is 0 Å². The Morgan fingerprint density at radius 2 is 2.29 bits per heavy atom. The molecule has 94 valence electrons. The van der Waals surface area contributed by atoms with Crippen molar-refractivity contribution >= 4 is 5.69 Å². The van der Waals surface area contributed by atoms with Crippen LogP contribution < -0.4 is 5.32 Å². The van der Waals surface area contributed by atoms with Crippen molar-refractivity contribution in [3.8, 4) is 0 Å². The summed E-state index contributed by atoms with van der Waals surface area (Å²) in [7, 11) is 0. The molecule has 0 fully saturated rings. The van der Waals surface area contributed by atoms with Crippen LogP contribution in [0, 0.1) is 10.1 Å². The summed E-state index contributed by atoms with van der Waals surface area (Å²) in [6.07, 6.45) is 1.18. The predicted molar refractivity (Wildman–Crippen MR) is 65.7 cm³/mol. The van der Waals surface area contributed by atoms with Crippen molar-refractivity contribution in [2.24, 2.45) is 0 Å². The SMILES string of the molecule is CCC(O)CCNCc1cccc([N+](=O)[O-])c1. The number of aliphatic hydroxyl groups excluding tert-OH is 1. The van der Waals surface area contributed by atoms with Crippen LogP contribution >= 0.6 is 0 Å². The molecule has 5 heteroatoms. The maximum absolute atomic E-state index is 10.6. The van der Waals surface area contributed by atoms with Crippen LogP contribution in [0.15, 0.2) is 24.3 Å². The number of hydrogen-bond acceptors (Lipinski definition) is 4. The predicted octanol–water partition coefficient (Wildman–Crippen LogP) is 1.85. The van der Waals surface area contributed by atoms with Crippen molar-refractivity contribution in [1.29, 1.82) is 0 Å². The number of hydrogen-bond donors (Lipinski definition) is 2. The van der Waals surface area contributed by atoms with E-state index < -0.39 is 4.92 Å². The molecule has 1 rings (SSSR count). The van der Waals surface area contributed by atoms with Crippen molar-refractivity contribution in [2.75, 3.05) is 6.54 Å². The van der Waals surface area contributed by atoms with E-state index >= 15 is 0 Å². The van der Waals surface area contributed by atoms with Gasteiger partial charge in [-0.05, 0) is 24.9 Å². The molecular formula is C12H18N2O3. The van der Waals surface area contributed by atoms with Gasteiger partial charge in [0.05, 0.1) is 11.0 Å². The minimum absolute atomic E-state index is 0.109. The first-order valence-electron chi connectivity index (χ1n) is 5.75. The zero-order valence-corrected chi connectivity index (χ0v) is 9.93. The van der Waals surface area contributed by atoms with E-state index in [0.717, 1.165) is 12.0 Å². The van der Waals surface area contributed by atoms with Crippen LogP contribution in [-0.4, -0.2) is 22.7 Å². The van der Waals surface area contributed by atoms with Gasteiger partial charge in [-0.15, -0.1) is 0 Å². The van der Waals surface area contributed by atoms with Crippen LogP contribution in [0.2, 0.25) is 0 Å². The van der Waals surface area contributed by atoms with Gasteiger partial charge in [0.25, 0.3) is 5.69 Å². The molecule has 1 aromatic rings. The van der Waals surface area contributed by atoms with Crippen LogP contribution in [0.5, 0.6) is 0 Å². The van der Waals surface area contributed by atoms with Crippen molar-refractivity contribution in [3.05, 3.63) is 39.9 Å². The second kappa shape index (κ2) is 6.98. The first-order chi connectivity index (χ1) is 8.13. The van der Waals surface area contributed by atoms with Gasteiger partial charge in [0, 0.05) is 18.7 Å². The summed E-state index contributed by atoms with van der Waals surface area (Å²) in [6.45, 7) is 3.22. The molecule has 0 aromatic heterocycles. The van der Waals surface area contributed by atoms with Crippen LogP contribution in [0.3, 0.4) is 0 Å². The molecule has 0 spiro atoms. The highest BCUT2D eigenvalue weighted by atomic mass is 16.6. The van der Waals surface area contributed by atoms with Gasteiger partial charge in [-0.25, -0.2) is 0 Å². The molecule has 1 unspecified atom stereocenters. The lowest BCUT2D eigenvalue weighted by atomic mass is 10.2. The third kappa shape index (κ3) is 4.93. The van der Waals surface area contributed by atoms with Crippen molar-refractivity contribution in [2.45, 2.75) is 32.4 Å². The van der Waals surface area contributed by atoms with Crippen LogP contribution in [0.1, 0.15) is 25.3 Å². The fourth-order valence-corrected chi connectivity index (χ4v) is 1.49. The zero-order chi connectivity index (χ0) is 12.7. The van der Waals surface area contributed by atoms with E-state index in [4.69, 9.17) is 0 Å². The second-order valence-corrected chi connectivity index (χ2v) is 3.95. The summed E-state index contributed by atoms with van der Waals surface area (Å²) in [5.74, 6) is 0.